The van der Waals surface area contributed by atoms with Crippen LogP contribution >= 0.6 is 35.3 Å². The zero-order chi connectivity index (χ0) is 18.4. The summed E-state index contributed by atoms with van der Waals surface area (Å²) in [6.45, 7) is 8.14. The summed E-state index contributed by atoms with van der Waals surface area (Å²) in [6, 6.07) is 0. The minimum atomic E-state index is 0. The summed E-state index contributed by atoms with van der Waals surface area (Å²) in [7, 11) is 1.88. The molecule has 0 unspecified atom stereocenters. The van der Waals surface area contributed by atoms with Crippen molar-refractivity contribution in [2.24, 2.45) is 10.9 Å². The van der Waals surface area contributed by atoms with Gasteiger partial charge in [-0.3, -0.25) is 4.99 Å². The van der Waals surface area contributed by atoms with Gasteiger partial charge in [0.25, 0.3) is 0 Å². The Morgan fingerprint density at radius 2 is 1.93 bits per heavy atom. The average molecular weight is 506 g/mol. The minimum Gasteiger partial charge on any atom is -0.378 e. The second-order valence-corrected chi connectivity index (χ2v) is 8.92. The van der Waals surface area contributed by atoms with Crippen molar-refractivity contribution in [3.05, 3.63) is 15.6 Å². The van der Waals surface area contributed by atoms with Crippen LogP contribution in [0.3, 0.4) is 0 Å². The molecule has 7 heteroatoms. The topological polar surface area (TPSA) is 49.8 Å². The van der Waals surface area contributed by atoms with Crippen molar-refractivity contribution in [3.63, 3.8) is 0 Å². The molecule has 0 spiro atoms. The van der Waals surface area contributed by atoms with E-state index < -0.39 is 0 Å². The lowest BCUT2D eigenvalue weighted by atomic mass is 10.1. The summed E-state index contributed by atoms with van der Waals surface area (Å²) in [6.07, 6.45) is 9.21. The van der Waals surface area contributed by atoms with Gasteiger partial charge in [0.15, 0.2) is 5.96 Å². The Morgan fingerprint density at radius 3 is 2.52 bits per heavy atom. The van der Waals surface area contributed by atoms with Crippen LogP contribution in [0.4, 0.5) is 0 Å². The van der Waals surface area contributed by atoms with Gasteiger partial charge in [-0.25, -0.2) is 4.98 Å². The van der Waals surface area contributed by atoms with Crippen LogP contribution in [0.2, 0.25) is 0 Å². The highest BCUT2D eigenvalue weighted by atomic mass is 127. The number of ether oxygens (including phenoxy) is 1. The molecule has 1 aromatic rings. The Kier molecular flexibility index (Phi) is 9.79. The van der Waals surface area contributed by atoms with Gasteiger partial charge < -0.3 is 15.0 Å². The quantitative estimate of drug-likeness (QED) is 0.358. The lowest BCUT2D eigenvalue weighted by molar-refractivity contribution is 0.00103. The molecule has 1 N–H and O–H groups in total. The fourth-order valence-electron chi connectivity index (χ4n) is 4.11. The first-order valence-electron chi connectivity index (χ1n) is 10.2. The van der Waals surface area contributed by atoms with Crippen LogP contribution in [0.5, 0.6) is 0 Å². The second-order valence-electron chi connectivity index (χ2n) is 7.64. The van der Waals surface area contributed by atoms with Crippen molar-refractivity contribution < 1.29 is 4.74 Å². The largest absolute Gasteiger partial charge is 0.378 e. The molecule has 5 nitrogen and oxygen atoms in total. The highest BCUT2D eigenvalue weighted by Gasteiger charge is 2.23. The Hall–Kier alpha value is -0.410. The van der Waals surface area contributed by atoms with E-state index in [-0.39, 0.29) is 24.0 Å². The molecule has 0 aromatic carbocycles. The van der Waals surface area contributed by atoms with E-state index in [4.69, 9.17) is 4.74 Å². The number of nitrogens with zero attached hydrogens (tertiary/aromatic N) is 3. The molecule has 27 heavy (non-hydrogen) atoms. The van der Waals surface area contributed by atoms with Gasteiger partial charge in [-0.15, -0.1) is 35.3 Å². The molecule has 1 aliphatic heterocycles. The molecular formula is C20H35IN4OS. The normalized spacial score (nSPS) is 19.4. The maximum atomic E-state index is 6.19. The standard InChI is InChI=1S/C20H34N4OS.HI/c1-15-19(26-16(2)23-15)8-11-22-20(21-3)24-12-9-18(10-13-24)25-14-17-6-4-5-7-17;/h17-18H,4-14H2,1-3H3,(H,21,22);1H. The number of rotatable bonds is 6. The molecule has 2 heterocycles. The summed E-state index contributed by atoms with van der Waals surface area (Å²) >= 11 is 1.80. The molecule has 0 bridgehead atoms. The number of thiazole rings is 1. The van der Waals surface area contributed by atoms with Crippen molar-refractivity contribution in [2.45, 2.75) is 64.9 Å². The van der Waals surface area contributed by atoms with Gasteiger partial charge in [0, 0.05) is 44.6 Å². The summed E-state index contributed by atoms with van der Waals surface area (Å²) in [5.74, 6) is 1.85. The maximum Gasteiger partial charge on any atom is 0.193 e. The predicted molar refractivity (Wildman–Crippen MR) is 125 cm³/mol. The van der Waals surface area contributed by atoms with Crippen LogP contribution in [-0.4, -0.2) is 55.2 Å². The van der Waals surface area contributed by atoms with E-state index >= 15 is 0 Å². The molecule has 2 aliphatic rings. The fourth-order valence-corrected chi connectivity index (χ4v) is 5.05. The van der Waals surface area contributed by atoms with E-state index in [1.807, 2.05) is 7.05 Å². The Morgan fingerprint density at radius 1 is 1.22 bits per heavy atom. The lowest BCUT2D eigenvalue weighted by Crippen LogP contribution is -2.47. The summed E-state index contributed by atoms with van der Waals surface area (Å²) in [5, 5.41) is 4.68. The summed E-state index contributed by atoms with van der Waals surface area (Å²) in [5.41, 5.74) is 1.17. The van der Waals surface area contributed by atoms with E-state index in [9.17, 15) is 0 Å². The van der Waals surface area contributed by atoms with Gasteiger partial charge in [-0.2, -0.15) is 0 Å². The second kappa shape index (κ2) is 11.6. The Labute approximate surface area is 185 Å². The van der Waals surface area contributed by atoms with Gasteiger partial charge in [0.1, 0.15) is 0 Å². The number of aryl methyl sites for hydroxylation is 2. The van der Waals surface area contributed by atoms with Crippen LogP contribution in [0.15, 0.2) is 4.99 Å². The van der Waals surface area contributed by atoms with Crippen molar-refractivity contribution in [2.75, 3.05) is 33.3 Å². The average Bonchev–Trinajstić information content (AvgIpc) is 3.27. The van der Waals surface area contributed by atoms with Crippen LogP contribution < -0.4 is 5.32 Å². The number of nitrogens with one attached hydrogen (secondary N) is 1. The van der Waals surface area contributed by atoms with Crippen LogP contribution in [-0.2, 0) is 11.2 Å². The first-order chi connectivity index (χ1) is 12.7. The number of hydrogen-bond acceptors (Lipinski definition) is 4. The number of aromatic nitrogens is 1. The molecular weight excluding hydrogens is 471 g/mol. The van der Waals surface area contributed by atoms with Crippen molar-refractivity contribution in [3.8, 4) is 0 Å². The van der Waals surface area contributed by atoms with Crippen LogP contribution in [0, 0.1) is 19.8 Å². The minimum absolute atomic E-state index is 0. The van der Waals surface area contributed by atoms with E-state index in [2.05, 4.69) is 34.0 Å². The smallest absolute Gasteiger partial charge is 0.193 e. The first kappa shape index (κ1) is 22.9. The first-order valence-corrected chi connectivity index (χ1v) is 11.0. The van der Waals surface area contributed by atoms with E-state index in [1.165, 1.54) is 36.3 Å². The van der Waals surface area contributed by atoms with E-state index in [1.54, 1.807) is 11.3 Å². The van der Waals surface area contributed by atoms with Crippen molar-refractivity contribution >= 4 is 41.3 Å². The number of guanidine groups is 1. The third kappa shape index (κ3) is 6.85. The number of halogens is 1. The number of hydrogen-bond donors (Lipinski definition) is 1. The Bertz CT molecular complexity index is 593. The van der Waals surface area contributed by atoms with Crippen molar-refractivity contribution in [1.29, 1.82) is 0 Å². The molecule has 0 amide bonds. The third-order valence-corrected chi connectivity index (χ3v) is 6.76. The molecule has 1 saturated heterocycles. The molecule has 1 saturated carbocycles. The fraction of sp³-hybridized carbons (Fsp3) is 0.800. The molecule has 0 atom stereocenters. The summed E-state index contributed by atoms with van der Waals surface area (Å²) < 4.78 is 6.19. The van der Waals surface area contributed by atoms with Gasteiger partial charge in [-0.1, -0.05) is 12.8 Å². The molecule has 1 aliphatic carbocycles. The van der Waals surface area contributed by atoms with Crippen molar-refractivity contribution in [1.82, 2.24) is 15.2 Å². The molecule has 1 aromatic heterocycles. The number of likely N-dealkylation sites (tertiary alicyclic amines) is 1. The monoisotopic (exact) mass is 506 g/mol. The highest BCUT2D eigenvalue weighted by molar-refractivity contribution is 14.0. The number of piperidine rings is 1. The Balaban J connectivity index is 0.00000261. The van der Waals surface area contributed by atoms with Gasteiger partial charge in [-0.05, 0) is 45.4 Å². The van der Waals surface area contributed by atoms with Gasteiger partial charge in [0.05, 0.1) is 16.8 Å². The summed E-state index contributed by atoms with van der Waals surface area (Å²) in [4.78, 5) is 12.7. The number of aliphatic imine (C=N–C) groups is 1. The van der Waals surface area contributed by atoms with Crippen LogP contribution in [0.25, 0.3) is 0 Å². The zero-order valence-corrected chi connectivity index (χ0v) is 20.1. The predicted octanol–water partition coefficient (Wildman–Crippen LogP) is 4.17. The maximum absolute atomic E-state index is 6.19. The molecule has 2 fully saturated rings. The van der Waals surface area contributed by atoms with E-state index in [0.717, 1.165) is 62.4 Å². The SMILES string of the molecule is CN=C(NCCc1sc(C)nc1C)N1CCC(OCC2CCCC2)CC1.I. The molecule has 154 valence electrons. The van der Waals surface area contributed by atoms with Gasteiger partial charge in [0.2, 0.25) is 0 Å². The van der Waals surface area contributed by atoms with Gasteiger partial charge >= 0.3 is 0 Å². The van der Waals surface area contributed by atoms with E-state index in [0.29, 0.717) is 6.10 Å². The highest BCUT2D eigenvalue weighted by Crippen LogP contribution is 2.26. The third-order valence-electron chi connectivity index (χ3n) is 5.63. The van der Waals surface area contributed by atoms with Crippen LogP contribution in [0.1, 0.15) is 54.1 Å². The molecule has 0 radical (unpaired) electrons. The lowest BCUT2D eigenvalue weighted by Gasteiger charge is -2.34. The molecule has 3 rings (SSSR count). The zero-order valence-electron chi connectivity index (χ0n) is 17.0.